The number of nitrogens with one attached hydrogen (secondary N) is 2. The number of carbonyl (C=O) groups is 1. The van der Waals surface area contributed by atoms with Gasteiger partial charge >= 0.3 is 0 Å². The number of nitrogens with two attached hydrogens (primary N) is 1. The van der Waals surface area contributed by atoms with Crippen LogP contribution in [0.3, 0.4) is 0 Å². The Morgan fingerprint density at radius 1 is 1.08 bits per heavy atom. The molecule has 1 amide bonds. The summed E-state index contributed by atoms with van der Waals surface area (Å²) in [7, 11) is 1.62. The number of ether oxygens (including phenoxy) is 1. The summed E-state index contributed by atoms with van der Waals surface area (Å²) in [6.45, 7) is 3.51. The first-order valence-corrected chi connectivity index (χ1v) is 9.09. The van der Waals surface area contributed by atoms with Crippen molar-refractivity contribution in [1.82, 2.24) is 10.6 Å². The maximum atomic E-state index is 11.8. The Balaban J connectivity index is 2.13. The normalized spacial score (nSPS) is 11.2. The third kappa shape index (κ3) is 10.3. The van der Waals surface area contributed by atoms with Crippen molar-refractivity contribution in [1.29, 1.82) is 0 Å². The van der Waals surface area contributed by atoms with Gasteiger partial charge in [0.25, 0.3) is 0 Å². The average Bonchev–Trinajstić information content (AvgIpc) is 2.64. The van der Waals surface area contributed by atoms with Gasteiger partial charge < -0.3 is 21.1 Å². The fraction of sp³-hybridized carbons (Fsp3) is 0.579. The largest absolute Gasteiger partial charge is 0.497 e. The molecule has 0 fully saturated rings. The number of hydrogen-bond donors (Lipinski definition) is 3. The molecule has 0 radical (unpaired) electrons. The number of nitrogens with zero attached hydrogens (tertiary/aromatic N) is 1. The third-order valence-electron chi connectivity index (χ3n) is 3.88. The quantitative estimate of drug-likeness (QED) is 0.308. The molecule has 0 aliphatic carbocycles. The van der Waals surface area contributed by atoms with E-state index in [0.717, 1.165) is 24.3 Å². The smallest absolute Gasteiger partial charge is 0.242 e. The lowest BCUT2D eigenvalue weighted by atomic mass is 10.1. The van der Waals surface area contributed by atoms with Crippen molar-refractivity contribution in [2.24, 2.45) is 10.7 Å². The zero-order chi connectivity index (χ0) is 18.3. The van der Waals surface area contributed by atoms with Gasteiger partial charge in [0.05, 0.1) is 7.11 Å². The molecule has 1 aromatic rings. The molecule has 0 atom stereocenters. The first kappa shape index (κ1) is 20.8. The summed E-state index contributed by atoms with van der Waals surface area (Å²) in [4.78, 5) is 15.9. The highest BCUT2D eigenvalue weighted by Gasteiger charge is 2.01. The number of carbonyl (C=O) groups excluding carboxylic acids is 1. The lowest BCUT2D eigenvalue weighted by molar-refractivity contribution is -0.119. The fourth-order valence-electron chi connectivity index (χ4n) is 2.33. The SMILES string of the molecule is CCCCCCCCNC(N)=NCC(=O)NCc1ccc(OC)cc1. The summed E-state index contributed by atoms with van der Waals surface area (Å²) in [6.07, 6.45) is 7.40. The second-order valence-corrected chi connectivity index (χ2v) is 6.02. The van der Waals surface area contributed by atoms with Crippen LogP contribution in [0.25, 0.3) is 0 Å². The molecule has 25 heavy (non-hydrogen) atoms. The Morgan fingerprint density at radius 2 is 1.76 bits per heavy atom. The molecule has 0 saturated carbocycles. The van der Waals surface area contributed by atoms with E-state index in [1.165, 1.54) is 32.1 Å². The molecular formula is C19H32N4O2. The molecule has 0 aliphatic heterocycles. The van der Waals surface area contributed by atoms with Crippen LogP contribution in [0, 0.1) is 0 Å². The number of benzene rings is 1. The van der Waals surface area contributed by atoms with Gasteiger partial charge in [-0.15, -0.1) is 0 Å². The van der Waals surface area contributed by atoms with Crippen LogP contribution in [0.5, 0.6) is 5.75 Å². The maximum absolute atomic E-state index is 11.8. The molecule has 0 aliphatic rings. The van der Waals surface area contributed by atoms with Crippen LogP contribution in [0.15, 0.2) is 29.3 Å². The molecule has 0 heterocycles. The molecule has 0 spiro atoms. The monoisotopic (exact) mass is 348 g/mol. The van der Waals surface area contributed by atoms with E-state index in [1.807, 2.05) is 24.3 Å². The Morgan fingerprint density at radius 3 is 2.44 bits per heavy atom. The molecule has 6 nitrogen and oxygen atoms in total. The van der Waals surface area contributed by atoms with Crippen LogP contribution < -0.4 is 21.1 Å². The molecule has 0 saturated heterocycles. The van der Waals surface area contributed by atoms with Crippen molar-refractivity contribution < 1.29 is 9.53 Å². The van der Waals surface area contributed by atoms with E-state index < -0.39 is 0 Å². The minimum absolute atomic E-state index is 0.0332. The highest BCUT2D eigenvalue weighted by molar-refractivity contribution is 5.83. The predicted molar refractivity (Wildman–Crippen MR) is 103 cm³/mol. The average molecular weight is 348 g/mol. The van der Waals surface area contributed by atoms with Gasteiger partial charge in [0, 0.05) is 13.1 Å². The number of rotatable bonds is 12. The van der Waals surface area contributed by atoms with Crippen LogP contribution >= 0.6 is 0 Å². The van der Waals surface area contributed by atoms with E-state index in [1.54, 1.807) is 7.11 Å². The van der Waals surface area contributed by atoms with E-state index in [0.29, 0.717) is 12.5 Å². The van der Waals surface area contributed by atoms with E-state index in [-0.39, 0.29) is 12.5 Å². The zero-order valence-corrected chi connectivity index (χ0v) is 15.5. The Bertz CT molecular complexity index is 515. The van der Waals surface area contributed by atoms with Crippen LogP contribution in [-0.2, 0) is 11.3 Å². The molecule has 6 heteroatoms. The Hall–Kier alpha value is -2.24. The van der Waals surface area contributed by atoms with Gasteiger partial charge in [-0.25, -0.2) is 4.99 Å². The summed E-state index contributed by atoms with van der Waals surface area (Å²) in [6, 6.07) is 7.56. The van der Waals surface area contributed by atoms with Crippen molar-refractivity contribution in [3.63, 3.8) is 0 Å². The van der Waals surface area contributed by atoms with Gasteiger partial charge in [-0.3, -0.25) is 4.79 Å². The van der Waals surface area contributed by atoms with Crippen molar-refractivity contribution in [2.45, 2.75) is 52.0 Å². The van der Waals surface area contributed by atoms with Gasteiger partial charge in [-0.2, -0.15) is 0 Å². The van der Waals surface area contributed by atoms with Crippen LogP contribution in [-0.4, -0.2) is 32.1 Å². The van der Waals surface area contributed by atoms with Crippen LogP contribution in [0.4, 0.5) is 0 Å². The molecule has 0 unspecified atom stereocenters. The second kappa shape index (κ2) is 13.1. The third-order valence-corrected chi connectivity index (χ3v) is 3.88. The molecule has 4 N–H and O–H groups in total. The van der Waals surface area contributed by atoms with Gasteiger partial charge in [0.2, 0.25) is 5.91 Å². The molecule has 0 aromatic heterocycles. The van der Waals surface area contributed by atoms with E-state index >= 15 is 0 Å². The maximum Gasteiger partial charge on any atom is 0.242 e. The van der Waals surface area contributed by atoms with Gasteiger partial charge in [0.15, 0.2) is 5.96 Å². The topological polar surface area (TPSA) is 88.7 Å². The number of amides is 1. The second-order valence-electron chi connectivity index (χ2n) is 6.02. The lowest BCUT2D eigenvalue weighted by Crippen LogP contribution is -2.34. The number of hydrogen-bond acceptors (Lipinski definition) is 3. The molecular weight excluding hydrogens is 316 g/mol. The van der Waals surface area contributed by atoms with Crippen molar-refractivity contribution >= 4 is 11.9 Å². The lowest BCUT2D eigenvalue weighted by Gasteiger charge is -2.07. The number of unbranched alkanes of at least 4 members (excludes halogenated alkanes) is 5. The number of methoxy groups -OCH3 is 1. The van der Waals surface area contributed by atoms with Gasteiger partial charge in [-0.05, 0) is 24.1 Å². The van der Waals surface area contributed by atoms with Gasteiger partial charge in [-0.1, -0.05) is 51.2 Å². The first-order chi connectivity index (χ1) is 12.2. The Kier molecular flexibility index (Phi) is 10.9. The molecule has 0 bridgehead atoms. The summed E-state index contributed by atoms with van der Waals surface area (Å²) in [5.41, 5.74) is 6.78. The number of aliphatic imine (C=N–C) groups is 1. The van der Waals surface area contributed by atoms with Crippen LogP contribution in [0.1, 0.15) is 51.0 Å². The highest BCUT2D eigenvalue weighted by atomic mass is 16.5. The minimum Gasteiger partial charge on any atom is -0.497 e. The summed E-state index contributed by atoms with van der Waals surface area (Å²) in [5.74, 6) is 0.970. The summed E-state index contributed by atoms with van der Waals surface area (Å²) in [5, 5.41) is 5.87. The van der Waals surface area contributed by atoms with E-state index in [2.05, 4.69) is 22.5 Å². The summed E-state index contributed by atoms with van der Waals surface area (Å²) >= 11 is 0. The standard InChI is InChI=1S/C19H32N4O2/c1-3-4-5-6-7-8-13-21-19(20)23-15-18(24)22-14-16-9-11-17(25-2)12-10-16/h9-12H,3-8,13-15H2,1-2H3,(H,22,24)(H3,20,21,23). The van der Waals surface area contributed by atoms with Gasteiger partial charge in [0.1, 0.15) is 12.3 Å². The van der Waals surface area contributed by atoms with Crippen molar-refractivity contribution in [2.75, 3.05) is 20.2 Å². The van der Waals surface area contributed by atoms with E-state index in [9.17, 15) is 4.79 Å². The van der Waals surface area contributed by atoms with Crippen molar-refractivity contribution in [3.05, 3.63) is 29.8 Å². The Labute approximate surface area is 151 Å². The molecule has 1 rings (SSSR count). The highest BCUT2D eigenvalue weighted by Crippen LogP contribution is 2.10. The fourth-order valence-corrected chi connectivity index (χ4v) is 2.33. The number of guanidine groups is 1. The first-order valence-electron chi connectivity index (χ1n) is 9.09. The van der Waals surface area contributed by atoms with E-state index in [4.69, 9.17) is 10.5 Å². The van der Waals surface area contributed by atoms with Crippen molar-refractivity contribution in [3.8, 4) is 5.75 Å². The molecule has 140 valence electrons. The van der Waals surface area contributed by atoms with Crippen LogP contribution in [0.2, 0.25) is 0 Å². The summed E-state index contributed by atoms with van der Waals surface area (Å²) < 4.78 is 5.10. The predicted octanol–water partition coefficient (Wildman–Crippen LogP) is 2.58. The molecule has 1 aromatic carbocycles. The minimum atomic E-state index is -0.153. The zero-order valence-electron chi connectivity index (χ0n) is 15.5.